The Balaban J connectivity index is 2.55. The van der Waals surface area contributed by atoms with Crippen molar-refractivity contribution >= 4 is 10.8 Å². The molecule has 1 aromatic heterocycles. The first-order valence-electron chi connectivity index (χ1n) is 5.73. The fourth-order valence-corrected chi connectivity index (χ4v) is 2.35. The summed E-state index contributed by atoms with van der Waals surface area (Å²) in [5.41, 5.74) is 0. The summed E-state index contributed by atoms with van der Waals surface area (Å²) < 4.78 is 16.3. The highest BCUT2D eigenvalue weighted by atomic mass is 32.2. The van der Waals surface area contributed by atoms with E-state index in [0.29, 0.717) is 24.0 Å². The summed E-state index contributed by atoms with van der Waals surface area (Å²) in [6.45, 7) is 6.70. The Kier molecular flexibility index (Phi) is 5.27. The molecule has 1 rings (SSSR count). The third-order valence-electron chi connectivity index (χ3n) is 2.60. The molecular weight excluding hydrogens is 238 g/mol. The molecule has 0 unspecified atom stereocenters. The number of nitrogens with zero attached hydrogens (tertiary/aromatic N) is 3. The van der Waals surface area contributed by atoms with Crippen molar-refractivity contribution in [3.8, 4) is 0 Å². The minimum Gasteiger partial charge on any atom is -0.339 e. The van der Waals surface area contributed by atoms with Crippen LogP contribution in [0, 0.1) is 0 Å². The number of hydrogen-bond acceptors (Lipinski definition) is 5. The van der Waals surface area contributed by atoms with Crippen LogP contribution in [0.1, 0.15) is 38.4 Å². The highest BCUT2D eigenvalue weighted by Gasteiger charge is 2.15. The molecular formula is C11H21N3O2S. The van der Waals surface area contributed by atoms with Crippen molar-refractivity contribution in [2.24, 2.45) is 0 Å². The number of aromatic nitrogens is 2. The first-order chi connectivity index (χ1) is 7.90. The van der Waals surface area contributed by atoms with Crippen molar-refractivity contribution in [2.45, 2.75) is 39.3 Å². The summed E-state index contributed by atoms with van der Waals surface area (Å²) in [4.78, 5) is 6.40. The molecule has 0 fully saturated rings. The zero-order valence-electron chi connectivity index (χ0n) is 11.1. The molecule has 0 aliphatic heterocycles. The summed E-state index contributed by atoms with van der Waals surface area (Å²) >= 11 is 0. The van der Waals surface area contributed by atoms with Gasteiger partial charge in [0.15, 0.2) is 5.82 Å². The molecule has 0 saturated heterocycles. The van der Waals surface area contributed by atoms with Crippen LogP contribution in [-0.2, 0) is 17.3 Å². The summed E-state index contributed by atoms with van der Waals surface area (Å²) in [5.74, 6) is 2.26. The topological polar surface area (TPSA) is 59.2 Å². The van der Waals surface area contributed by atoms with Crippen LogP contribution in [0.4, 0.5) is 0 Å². The van der Waals surface area contributed by atoms with Gasteiger partial charge in [-0.2, -0.15) is 4.98 Å². The predicted octanol–water partition coefficient (Wildman–Crippen LogP) is 1.39. The van der Waals surface area contributed by atoms with Crippen molar-refractivity contribution in [3.63, 3.8) is 0 Å². The Labute approximate surface area is 105 Å². The lowest BCUT2D eigenvalue weighted by molar-refractivity contribution is 0.256. The van der Waals surface area contributed by atoms with Gasteiger partial charge in [0, 0.05) is 34.8 Å². The predicted molar refractivity (Wildman–Crippen MR) is 68.2 cm³/mol. The normalized spacial score (nSPS) is 15.5. The fraction of sp³-hybridized carbons (Fsp3) is 0.818. The van der Waals surface area contributed by atoms with Crippen molar-refractivity contribution in [2.75, 3.05) is 19.1 Å². The van der Waals surface area contributed by atoms with Crippen LogP contribution in [0.2, 0.25) is 0 Å². The molecule has 17 heavy (non-hydrogen) atoms. The highest BCUT2D eigenvalue weighted by Crippen LogP contribution is 2.12. The van der Waals surface area contributed by atoms with Crippen LogP contribution in [-0.4, -0.2) is 44.3 Å². The van der Waals surface area contributed by atoms with Gasteiger partial charge in [-0.3, -0.25) is 9.11 Å². The molecule has 98 valence electrons. The van der Waals surface area contributed by atoms with E-state index < -0.39 is 10.8 Å². The van der Waals surface area contributed by atoms with E-state index in [1.54, 1.807) is 6.26 Å². The second-order valence-electron chi connectivity index (χ2n) is 4.71. The van der Waals surface area contributed by atoms with Gasteiger partial charge in [-0.1, -0.05) is 19.0 Å². The Hall–Kier alpha value is -0.750. The Morgan fingerprint density at radius 3 is 2.53 bits per heavy atom. The third kappa shape index (κ3) is 4.55. The molecule has 0 aliphatic carbocycles. The average Bonchev–Trinajstić information content (AvgIpc) is 2.65. The minimum absolute atomic E-state index is 0.238. The summed E-state index contributed by atoms with van der Waals surface area (Å²) in [6.07, 6.45) is 1.72. The zero-order chi connectivity index (χ0) is 13.0. The lowest BCUT2D eigenvalue weighted by atomic mass is 10.2. The van der Waals surface area contributed by atoms with Crippen LogP contribution in [0.15, 0.2) is 4.52 Å². The monoisotopic (exact) mass is 259 g/mol. The smallest absolute Gasteiger partial charge is 0.229 e. The second kappa shape index (κ2) is 6.26. The van der Waals surface area contributed by atoms with E-state index in [2.05, 4.69) is 15.0 Å². The summed E-state index contributed by atoms with van der Waals surface area (Å²) in [6, 6.07) is 0.238. The van der Waals surface area contributed by atoms with E-state index in [-0.39, 0.29) is 12.0 Å². The van der Waals surface area contributed by atoms with Crippen LogP contribution in [0.5, 0.6) is 0 Å². The van der Waals surface area contributed by atoms with Gasteiger partial charge in [-0.15, -0.1) is 0 Å². The summed E-state index contributed by atoms with van der Waals surface area (Å²) in [7, 11) is 1.19. The van der Waals surface area contributed by atoms with Gasteiger partial charge in [0.2, 0.25) is 5.89 Å². The largest absolute Gasteiger partial charge is 0.339 e. The van der Waals surface area contributed by atoms with Gasteiger partial charge >= 0.3 is 0 Å². The second-order valence-corrected chi connectivity index (χ2v) is 6.19. The number of hydrogen-bond donors (Lipinski definition) is 0. The molecule has 1 aromatic rings. The lowest BCUT2D eigenvalue weighted by Gasteiger charge is -2.21. The molecule has 0 aliphatic rings. The van der Waals surface area contributed by atoms with E-state index in [0.717, 1.165) is 0 Å². The Morgan fingerprint density at radius 2 is 2.06 bits per heavy atom. The average molecular weight is 259 g/mol. The molecule has 0 saturated carbocycles. The molecule has 0 amide bonds. The van der Waals surface area contributed by atoms with Crippen molar-refractivity contribution in [3.05, 3.63) is 11.7 Å². The first-order valence-corrected chi connectivity index (χ1v) is 7.45. The molecule has 6 heteroatoms. The SMILES string of the molecule is CC(C)c1nc(CN(C)[C@@H](C)C[S@@](C)=O)no1. The molecule has 1 heterocycles. The molecule has 0 bridgehead atoms. The van der Waals surface area contributed by atoms with E-state index in [1.165, 1.54) is 0 Å². The first kappa shape index (κ1) is 14.3. The van der Waals surface area contributed by atoms with Crippen LogP contribution in [0.25, 0.3) is 0 Å². The van der Waals surface area contributed by atoms with E-state index in [1.807, 2.05) is 27.8 Å². The fourth-order valence-electron chi connectivity index (χ4n) is 1.41. The lowest BCUT2D eigenvalue weighted by Crippen LogP contribution is -2.33. The van der Waals surface area contributed by atoms with Crippen molar-refractivity contribution in [1.82, 2.24) is 15.0 Å². The molecule has 0 N–H and O–H groups in total. The minimum atomic E-state index is -0.782. The maximum absolute atomic E-state index is 11.1. The van der Waals surface area contributed by atoms with Crippen molar-refractivity contribution in [1.29, 1.82) is 0 Å². The molecule has 0 radical (unpaired) electrons. The Morgan fingerprint density at radius 1 is 1.41 bits per heavy atom. The van der Waals surface area contributed by atoms with Crippen LogP contribution in [0.3, 0.4) is 0 Å². The maximum atomic E-state index is 11.1. The Bertz CT molecular complexity index is 379. The van der Waals surface area contributed by atoms with Crippen molar-refractivity contribution < 1.29 is 8.73 Å². The number of rotatable bonds is 6. The molecule has 0 aromatic carbocycles. The van der Waals surface area contributed by atoms with Crippen LogP contribution < -0.4 is 0 Å². The standard InChI is InChI=1S/C11H21N3O2S/c1-8(2)11-12-10(13-16-11)6-14(4)9(3)7-17(5)15/h8-9H,6-7H2,1-5H3/t9-,17+/m0/s1. The zero-order valence-corrected chi connectivity index (χ0v) is 12.0. The van der Waals surface area contributed by atoms with E-state index in [9.17, 15) is 4.21 Å². The van der Waals surface area contributed by atoms with Gasteiger partial charge in [0.1, 0.15) is 0 Å². The third-order valence-corrected chi connectivity index (χ3v) is 3.55. The molecule has 0 spiro atoms. The van der Waals surface area contributed by atoms with E-state index >= 15 is 0 Å². The van der Waals surface area contributed by atoms with Crippen LogP contribution >= 0.6 is 0 Å². The summed E-state index contributed by atoms with van der Waals surface area (Å²) in [5, 5.41) is 3.94. The van der Waals surface area contributed by atoms with Gasteiger partial charge < -0.3 is 4.52 Å². The molecule has 5 nitrogen and oxygen atoms in total. The van der Waals surface area contributed by atoms with Gasteiger partial charge in [-0.05, 0) is 14.0 Å². The highest BCUT2D eigenvalue weighted by molar-refractivity contribution is 7.84. The van der Waals surface area contributed by atoms with E-state index in [4.69, 9.17) is 4.52 Å². The quantitative estimate of drug-likeness (QED) is 0.772. The van der Waals surface area contributed by atoms with Gasteiger partial charge in [0.05, 0.1) is 6.54 Å². The maximum Gasteiger partial charge on any atom is 0.229 e. The van der Waals surface area contributed by atoms with Gasteiger partial charge in [-0.25, -0.2) is 0 Å². The molecule has 2 atom stereocenters. The van der Waals surface area contributed by atoms with Gasteiger partial charge in [0.25, 0.3) is 0 Å².